The number of hydrogen-bond acceptors (Lipinski definition) is 13. The van der Waals surface area contributed by atoms with Crippen molar-refractivity contribution in [1.82, 2.24) is 30.4 Å². The summed E-state index contributed by atoms with van der Waals surface area (Å²) >= 11 is 1.29. The minimum Gasteiger partial charge on any atom is -0.497 e. The van der Waals surface area contributed by atoms with Crippen molar-refractivity contribution in [3.8, 4) is 11.4 Å². The van der Waals surface area contributed by atoms with Crippen LogP contribution in [0.4, 0.5) is 6.01 Å². The molecule has 4 atom stereocenters. The van der Waals surface area contributed by atoms with Crippen LogP contribution in [0.1, 0.15) is 5.89 Å². The van der Waals surface area contributed by atoms with Gasteiger partial charge in [-0.3, -0.25) is 0 Å². The molecule has 0 amide bonds. The number of methoxy groups -OCH3 is 1. The Kier molecular flexibility index (Phi) is 6.10. The maximum atomic E-state index is 9.95. The number of hydrogen-bond donors (Lipinski definition) is 4. The Bertz CT molecular complexity index is 967. The molecule has 1 saturated heterocycles. The Morgan fingerprint density at radius 2 is 1.97 bits per heavy atom. The van der Waals surface area contributed by atoms with Gasteiger partial charge in [0.05, 0.1) is 25.2 Å². The third kappa shape index (κ3) is 4.36. The number of aliphatic hydroxyl groups is 3. The van der Waals surface area contributed by atoms with E-state index in [1.165, 1.54) is 11.8 Å². The van der Waals surface area contributed by atoms with Crippen molar-refractivity contribution in [3.63, 3.8) is 0 Å². The van der Waals surface area contributed by atoms with Gasteiger partial charge in [0.15, 0.2) is 6.23 Å². The summed E-state index contributed by atoms with van der Waals surface area (Å²) in [4.78, 5) is 0. The molecular weight excluding hydrogens is 418 g/mol. The maximum Gasteiger partial charge on any atom is 0.317 e. The molecule has 0 unspecified atom stereocenters. The van der Waals surface area contributed by atoms with Gasteiger partial charge in [-0.05, 0) is 34.7 Å². The molecule has 0 radical (unpaired) electrons. The summed E-state index contributed by atoms with van der Waals surface area (Å²) in [5, 5.41) is 51.8. The number of rotatable bonds is 7. The van der Waals surface area contributed by atoms with Gasteiger partial charge in [0.1, 0.15) is 24.1 Å². The first-order chi connectivity index (χ1) is 14.5. The quantitative estimate of drug-likeness (QED) is 0.338. The van der Waals surface area contributed by atoms with Gasteiger partial charge >= 0.3 is 6.01 Å². The van der Waals surface area contributed by atoms with Gasteiger partial charge in [-0.15, -0.1) is 10.2 Å². The summed E-state index contributed by atoms with van der Waals surface area (Å²) in [5.74, 6) is 1.30. The highest BCUT2D eigenvalue weighted by Gasteiger charge is 2.38. The van der Waals surface area contributed by atoms with Crippen LogP contribution >= 0.6 is 11.8 Å². The Labute approximate surface area is 174 Å². The largest absolute Gasteiger partial charge is 0.497 e. The fraction of sp³-hybridized carbons (Fsp3) is 0.438. The average Bonchev–Trinajstić information content (AvgIpc) is 3.42. The van der Waals surface area contributed by atoms with Gasteiger partial charge in [0, 0.05) is 0 Å². The first-order valence-corrected chi connectivity index (χ1v) is 9.84. The van der Waals surface area contributed by atoms with E-state index in [1.54, 1.807) is 23.9 Å². The van der Waals surface area contributed by atoms with Crippen LogP contribution in [-0.4, -0.2) is 84.0 Å². The van der Waals surface area contributed by atoms with Gasteiger partial charge in [-0.25, -0.2) is 0 Å². The van der Waals surface area contributed by atoms with Crippen molar-refractivity contribution >= 4 is 17.8 Å². The highest BCUT2D eigenvalue weighted by Crippen LogP contribution is 2.24. The number of aromatic nitrogens is 6. The number of nitrogens with zero attached hydrogens (tertiary/aromatic N) is 6. The summed E-state index contributed by atoms with van der Waals surface area (Å²) in [5.41, 5.74) is 0.764. The lowest BCUT2D eigenvalue weighted by Gasteiger charge is -2.34. The van der Waals surface area contributed by atoms with E-state index in [2.05, 4.69) is 31.0 Å². The molecule has 3 aromatic rings. The number of thioether (sulfide) groups is 1. The Morgan fingerprint density at radius 3 is 2.73 bits per heavy atom. The molecule has 0 bridgehead atoms. The van der Waals surface area contributed by atoms with Crippen LogP contribution < -0.4 is 10.1 Å². The average molecular weight is 437 g/mol. The third-order valence-corrected chi connectivity index (χ3v) is 5.22. The van der Waals surface area contributed by atoms with Gasteiger partial charge in [-0.1, -0.05) is 16.9 Å². The van der Waals surface area contributed by atoms with E-state index < -0.39 is 24.5 Å². The van der Waals surface area contributed by atoms with Crippen LogP contribution in [-0.2, 0) is 10.5 Å². The lowest BCUT2D eigenvalue weighted by Crippen LogP contribution is -2.55. The first-order valence-electron chi connectivity index (χ1n) is 8.85. The second-order valence-electron chi connectivity index (χ2n) is 6.31. The maximum absolute atomic E-state index is 9.95. The molecule has 1 aromatic carbocycles. The predicted octanol–water partition coefficient (Wildman–Crippen LogP) is -0.803. The second kappa shape index (κ2) is 8.93. The van der Waals surface area contributed by atoms with Crippen LogP contribution in [0.5, 0.6) is 5.75 Å². The van der Waals surface area contributed by atoms with Crippen molar-refractivity contribution in [2.24, 2.45) is 0 Å². The molecule has 2 aromatic heterocycles. The zero-order valence-corrected chi connectivity index (χ0v) is 16.5. The highest BCUT2D eigenvalue weighted by molar-refractivity contribution is 7.98. The summed E-state index contributed by atoms with van der Waals surface area (Å²) < 4.78 is 17.4. The Morgan fingerprint density at radius 1 is 1.17 bits per heavy atom. The topological polar surface area (TPSA) is 174 Å². The van der Waals surface area contributed by atoms with Crippen LogP contribution in [0, 0.1) is 0 Å². The van der Waals surface area contributed by atoms with Crippen molar-refractivity contribution in [1.29, 1.82) is 0 Å². The van der Waals surface area contributed by atoms with Gasteiger partial charge < -0.3 is 34.5 Å². The molecule has 1 aliphatic heterocycles. The fourth-order valence-electron chi connectivity index (χ4n) is 2.71. The minimum absolute atomic E-state index is 0.00739. The predicted molar refractivity (Wildman–Crippen MR) is 101 cm³/mol. The number of benzene rings is 1. The summed E-state index contributed by atoms with van der Waals surface area (Å²) in [6.45, 7) is -0.138. The zero-order chi connectivity index (χ0) is 21.1. The zero-order valence-electron chi connectivity index (χ0n) is 15.7. The minimum atomic E-state index is -1.35. The Hall–Kier alpha value is -2.78. The number of nitrogens with one attached hydrogen (secondary N) is 1. The fourth-order valence-corrected chi connectivity index (χ4v) is 3.43. The smallest absolute Gasteiger partial charge is 0.317 e. The van der Waals surface area contributed by atoms with E-state index in [-0.39, 0.29) is 18.5 Å². The first kappa shape index (κ1) is 20.5. The lowest BCUT2D eigenvalue weighted by atomic mass is 10.0. The molecule has 30 heavy (non-hydrogen) atoms. The van der Waals surface area contributed by atoms with Crippen molar-refractivity contribution in [2.75, 3.05) is 19.0 Å². The van der Waals surface area contributed by atoms with E-state index in [0.29, 0.717) is 10.9 Å². The number of anilines is 1. The summed E-state index contributed by atoms with van der Waals surface area (Å²) in [6.07, 6.45) is -4.85. The molecule has 1 fully saturated rings. The molecule has 3 heterocycles. The lowest BCUT2D eigenvalue weighted by molar-refractivity contribution is -0.179. The van der Waals surface area contributed by atoms with E-state index in [9.17, 15) is 15.3 Å². The van der Waals surface area contributed by atoms with E-state index in [1.807, 2.05) is 12.1 Å². The van der Waals surface area contributed by atoms with Crippen LogP contribution in [0.25, 0.3) is 5.69 Å². The van der Waals surface area contributed by atoms with Gasteiger partial charge in [0.25, 0.3) is 0 Å². The van der Waals surface area contributed by atoms with Crippen LogP contribution in [0.2, 0.25) is 0 Å². The molecule has 4 N–H and O–H groups in total. The standard InChI is InChI=1S/C16H19N7O6S/c1-27-9-4-2-8(3-5-9)23-16(20-21-22-23)30-7-11-18-19-15(29-11)17-14-13(26)12(25)10(24)6-28-14/h2-5,10,12-14,24-26H,6-7H2,1H3,(H,17,19)/t10-,12+,13-,14-/m1/s1. The van der Waals surface area contributed by atoms with Crippen molar-refractivity contribution in [2.45, 2.75) is 35.4 Å². The van der Waals surface area contributed by atoms with E-state index in [0.717, 1.165) is 11.4 Å². The van der Waals surface area contributed by atoms with E-state index in [4.69, 9.17) is 13.9 Å². The van der Waals surface area contributed by atoms with Crippen molar-refractivity contribution in [3.05, 3.63) is 30.2 Å². The summed E-state index contributed by atoms with van der Waals surface area (Å²) in [7, 11) is 1.59. The third-order valence-electron chi connectivity index (χ3n) is 4.32. The number of tetrazole rings is 1. The SMILES string of the molecule is COc1ccc(-n2nnnc2SCc2nnc(N[C@@H]3OC[C@@H](O)[C@H](O)[C@H]3O)o2)cc1. The van der Waals surface area contributed by atoms with Crippen LogP contribution in [0.3, 0.4) is 0 Å². The molecular formula is C16H19N7O6S. The monoisotopic (exact) mass is 437 g/mol. The number of ether oxygens (including phenoxy) is 2. The Balaban J connectivity index is 1.37. The van der Waals surface area contributed by atoms with Gasteiger partial charge in [-0.2, -0.15) is 4.68 Å². The summed E-state index contributed by atoms with van der Waals surface area (Å²) in [6, 6.07) is 7.27. The molecule has 13 nitrogen and oxygen atoms in total. The second-order valence-corrected chi connectivity index (χ2v) is 7.25. The molecule has 4 rings (SSSR count). The normalized spacial score (nSPS) is 24.0. The molecule has 14 heteroatoms. The molecule has 0 spiro atoms. The molecule has 0 aliphatic carbocycles. The highest BCUT2D eigenvalue weighted by atomic mass is 32.2. The van der Waals surface area contributed by atoms with E-state index >= 15 is 0 Å². The molecule has 160 valence electrons. The van der Waals surface area contributed by atoms with Crippen LogP contribution in [0.15, 0.2) is 33.8 Å². The van der Waals surface area contributed by atoms with Crippen molar-refractivity contribution < 1.29 is 29.2 Å². The molecule has 0 saturated carbocycles. The molecule has 1 aliphatic rings. The van der Waals surface area contributed by atoms with Gasteiger partial charge in [0.2, 0.25) is 11.0 Å². The number of aliphatic hydroxyl groups excluding tert-OH is 3.